The molecule has 0 spiro atoms. The number of methoxy groups -OCH3 is 1. The fourth-order valence-corrected chi connectivity index (χ4v) is 2.24. The van der Waals surface area contributed by atoms with Crippen molar-refractivity contribution in [2.75, 3.05) is 33.8 Å². The van der Waals surface area contributed by atoms with Crippen LogP contribution in [0.2, 0.25) is 0 Å². The van der Waals surface area contributed by atoms with E-state index in [4.69, 9.17) is 4.74 Å². The van der Waals surface area contributed by atoms with Crippen molar-refractivity contribution in [3.63, 3.8) is 0 Å². The van der Waals surface area contributed by atoms with Crippen LogP contribution in [0.5, 0.6) is 0 Å². The number of ether oxygens (including phenoxy) is 1. The van der Waals surface area contributed by atoms with Gasteiger partial charge in [0.15, 0.2) is 0 Å². The fraction of sp³-hybridized carbons (Fsp3) is 1.00. The zero-order valence-electron chi connectivity index (χ0n) is 9.92. The molecule has 1 rings (SSSR count). The van der Waals surface area contributed by atoms with Gasteiger partial charge in [-0.05, 0) is 19.4 Å². The third-order valence-corrected chi connectivity index (χ3v) is 3.16. The summed E-state index contributed by atoms with van der Waals surface area (Å²) in [5, 5.41) is 3.28. The molecule has 2 unspecified atom stereocenters. The van der Waals surface area contributed by atoms with Gasteiger partial charge in [-0.25, -0.2) is 0 Å². The van der Waals surface area contributed by atoms with Crippen molar-refractivity contribution in [1.29, 1.82) is 0 Å². The summed E-state index contributed by atoms with van der Waals surface area (Å²) < 4.78 is 5.39. The number of rotatable bonds is 5. The Morgan fingerprint density at radius 3 is 2.64 bits per heavy atom. The minimum Gasteiger partial charge on any atom is -0.380 e. The molecule has 0 amide bonds. The van der Waals surface area contributed by atoms with Crippen molar-refractivity contribution in [2.24, 2.45) is 5.92 Å². The van der Waals surface area contributed by atoms with Gasteiger partial charge in [0.05, 0.1) is 6.10 Å². The lowest BCUT2D eigenvalue weighted by Crippen LogP contribution is -2.44. The third-order valence-electron chi connectivity index (χ3n) is 3.16. The van der Waals surface area contributed by atoms with E-state index in [1.54, 1.807) is 0 Å². The maximum atomic E-state index is 5.39. The normalized spacial score (nSPS) is 25.9. The van der Waals surface area contributed by atoms with Crippen molar-refractivity contribution in [2.45, 2.75) is 32.4 Å². The van der Waals surface area contributed by atoms with Crippen molar-refractivity contribution in [1.82, 2.24) is 10.2 Å². The van der Waals surface area contributed by atoms with Gasteiger partial charge in [0, 0.05) is 32.8 Å². The van der Waals surface area contributed by atoms with Crippen LogP contribution in [0.25, 0.3) is 0 Å². The highest BCUT2D eigenvalue weighted by Crippen LogP contribution is 2.19. The van der Waals surface area contributed by atoms with Gasteiger partial charge in [0.2, 0.25) is 0 Å². The highest BCUT2D eigenvalue weighted by atomic mass is 16.5. The third kappa shape index (κ3) is 2.94. The summed E-state index contributed by atoms with van der Waals surface area (Å²) in [6.45, 7) is 7.95. The first-order chi connectivity index (χ1) is 6.69. The molecule has 3 heteroatoms. The van der Waals surface area contributed by atoms with Crippen molar-refractivity contribution in [3.05, 3.63) is 0 Å². The van der Waals surface area contributed by atoms with Crippen LogP contribution in [0.15, 0.2) is 0 Å². The zero-order chi connectivity index (χ0) is 10.6. The van der Waals surface area contributed by atoms with Gasteiger partial charge < -0.3 is 10.1 Å². The van der Waals surface area contributed by atoms with E-state index in [0.717, 1.165) is 13.1 Å². The van der Waals surface area contributed by atoms with Gasteiger partial charge in [0.1, 0.15) is 0 Å². The molecule has 3 nitrogen and oxygen atoms in total. The number of nitrogens with one attached hydrogen (secondary N) is 1. The van der Waals surface area contributed by atoms with Crippen LogP contribution in [-0.4, -0.2) is 50.8 Å². The summed E-state index contributed by atoms with van der Waals surface area (Å²) in [4.78, 5) is 2.55. The molecular formula is C11H24N2O. The average molecular weight is 200 g/mol. The minimum absolute atomic E-state index is 0.452. The average Bonchev–Trinajstić information content (AvgIpc) is 2.61. The van der Waals surface area contributed by atoms with E-state index in [0.29, 0.717) is 18.1 Å². The molecule has 0 aromatic heterocycles. The Morgan fingerprint density at radius 2 is 2.21 bits per heavy atom. The van der Waals surface area contributed by atoms with Gasteiger partial charge in [-0.3, -0.25) is 4.90 Å². The lowest BCUT2D eigenvalue weighted by molar-refractivity contribution is 0.0946. The highest BCUT2D eigenvalue weighted by molar-refractivity contribution is 4.84. The lowest BCUT2D eigenvalue weighted by Gasteiger charge is -2.30. The molecule has 0 bridgehead atoms. The Labute approximate surface area is 87.8 Å². The second-order valence-corrected chi connectivity index (χ2v) is 4.51. The molecule has 0 radical (unpaired) electrons. The van der Waals surface area contributed by atoms with E-state index in [9.17, 15) is 0 Å². The van der Waals surface area contributed by atoms with Crippen LogP contribution in [0.3, 0.4) is 0 Å². The molecule has 1 heterocycles. The SMILES string of the molecule is CNCC(C(C)C)N1CCC(OC)C1. The molecule has 14 heavy (non-hydrogen) atoms. The summed E-state index contributed by atoms with van der Waals surface area (Å²) in [7, 11) is 3.84. The first-order valence-electron chi connectivity index (χ1n) is 5.60. The molecular weight excluding hydrogens is 176 g/mol. The summed E-state index contributed by atoms with van der Waals surface area (Å²) in [5.74, 6) is 0.707. The minimum atomic E-state index is 0.452. The lowest BCUT2D eigenvalue weighted by atomic mass is 10.0. The fourth-order valence-electron chi connectivity index (χ4n) is 2.24. The van der Waals surface area contributed by atoms with Gasteiger partial charge in [-0.2, -0.15) is 0 Å². The molecule has 84 valence electrons. The molecule has 0 saturated carbocycles. The quantitative estimate of drug-likeness (QED) is 0.715. The second-order valence-electron chi connectivity index (χ2n) is 4.51. The molecule has 0 aromatic rings. The van der Waals surface area contributed by atoms with Crippen LogP contribution in [0.4, 0.5) is 0 Å². The molecule has 2 atom stereocenters. The summed E-state index contributed by atoms with van der Waals surface area (Å²) >= 11 is 0. The summed E-state index contributed by atoms with van der Waals surface area (Å²) in [5.41, 5.74) is 0. The van der Waals surface area contributed by atoms with Crippen LogP contribution in [0.1, 0.15) is 20.3 Å². The monoisotopic (exact) mass is 200 g/mol. The summed E-state index contributed by atoms with van der Waals surface area (Å²) in [6.07, 6.45) is 1.64. The summed E-state index contributed by atoms with van der Waals surface area (Å²) in [6, 6.07) is 0.653. The second kappa shape index (κ2) is 5.69. The Balaban J connectivity index is 2.44. The molecule has 0 aliphatic carbocycles. The van der Waals surface area contributed by atoms with Gasteiger partial charge in [-0.15, -0.1) is 0 Å². The molecule has 1 fully saturated rings. The Kier molecular flexibility index (Phi) is 4.85. The topological polar surface area (TPSA) is 24.5 Å². The van der Waals surface area contributed by atoms with Crippen LogP contribution in [-0.2, 0) is 4.74 Å². The number of nitrogens with zero attached hydrogens (tertiary/aromatic N) is 1. The van der Waals surface area contributed by atoms with E-state index < -0.39 is 0 Å². The van der Waals surface area contributed by atoms with E-state index in [1.807, 2.05) is 14.2 Å². The largest absolute Gasteiger partial charge is 0.380 e. The standard InChI is InChI=1S/C11H24N2O/c1-9(2)11(7-12-3)13-6-5-10(8-13)14-4/h9-12H,5-8H2,1-4H3. The Morgan fingerprint density at radius 1 is 1.50 bits per heavy atom. The number of likely N-dealkylation sites (tertiary alicyclic amines) is 1. The number of likely N-dealkylation sites (N-methyl/N-ethyl adjacent to an activating group) is 1. The first-order valence-corrected chi connectivity index (χ1v) is 5.60. The first kappa shape index (κ1) is 12.0. The predicted molar refractivity (Wildman–Crippen MR) is 59.5 cm³/mol. The number of hydrogen-bond donors (Lipinski definition) is 1. The van der Waals surface area contributed by atoms with E-state index in [-0.39, 0.29) is 0 Å². The van der Waals surface area contributed by atoms with Gasteiger partial charge >= 0.3 is 0 Å². The molecule has 1 aliphatic rings. The van der Waals surface area contributed by atoms with E-state index in [1.165, 1.54) is 13.0 Å². The smallest absolute Gasteiger partial charge is 0.0710 e. The van der Waals surface area contributed by atoms with Crippen molar-refractivity contribution in [3.8, 4) is 0 Å². The Bertz CT molecular complexity index is 161. The molecule has 1 saturated heterocycles. The zero-order valence-corrected chi connectivity index (χ0v) is 9.92. The van der Waals surface area contributed by atoms with Crippen LogP contribution in [0, 0.1) is 5.92 Å². The predicted octanol–water partition coefficient (Wildman–Crippen LogP) is 0.951. The van der Waals surface area contributed by atoms with E-state index in [2.05, 4.69) is 24.1 Å². The molecule has 1 aliphatic heterocycles. The van der Waals surface area contributed by atoms with Crippen LogP contribution >= 0.6 is 0 Å². The highest BCUT2D eigenvalue weighted by Gasteiger charge is 2.29. The maximum Gasteiger partial charge on any atom is 0.0710 e. The van der Waals surface area contributed by atoms with E-state index >= 15 is 0 Å². The van der Waals surface area contributed by atoms with Gasteiger partial charge in [-0.1, -0.05) is 13.8 Å². The molecule has 1 N–H and O–H groups in total. The molecule has 0 aromatic carbocycles. The van der Waals surface area contributed by atoms with Crippen LogP contribution < -0.4 is 5.32 Å². The van der Waals surface area contributed by atoms with Gasteiger partial charge in [0.25, 0.3) is 0 Å². The van der Waals surface area contributed by atoms with Crippen molar-refractivity contribution >= 4 is 0 Å². The number of hydrogen-bond acceptors (Lipinski definition) is 3. The Hall–Kier alpha value is -0.120. The maximum absolute atomic E-state index is 5.39. The van der Waals surface area contributed by atoms with Crippen molar-refractivity contribution < 1.29 is 4.74 Å².